The number of β-amino-alcohol motifs (C(OH)–C–C–N with tert-alkyl or cyclic N) is 1. The van der Waals surface area contributed by atoms with E-state index in [1.54, 1.807) is 0 Å². The van der Waals surface area contributed by atoms with Crippen molar-refractivity contribution in [2.24, 2.45) is 5.92 Å². The predicted octanol–water partition coefficient (Wildman–Crippen LogP) is 1.24. The van der Waals surface area contributed by atoms with Crippen LogP contribution in [0, 0.1) is 5.92 Å². The second-order valence-corrected chi connectivity index (χ2v) is 5.39. The third-order valence-electron chi connectivity index (χ3n) is 3.36. The highest BCUT2D eigenvalue weighted by atomic mass is 16.3. The maximum absolute atomic E-state index is 9.94. The number of hydrogen-bond donors (Lipinski definition) is 1. The zero-order chi connectivity index (χ0) is 8.98. The Morgan fingerprint density at radius 2 is 2.08 bits per heavy atom. The van der Waals surface area contributed by atoms with Gasteiger partial charge < -0.3 is 5.11 Å². The maximum atomic E-state index is 9.94. The Hall–Kier alpha value is -0.0800. The topological polar surface area (TPSA) is 23.5 Å². The highest BCUT2D eigenvalue weighted by Gasteiger charge is 2.56. The van der Waals surface area contributed by atoms with Gasteiger partial charge in [-0.15, -0.1) is 0 Å². The number of hydrogen-bond acceptors (Lipinski definition) is 2. The third-order valence-corrected chi connectivity index (χ3v) is 3.36. The van der Waals surface area contributed by atoms with Crippen molar-refractivity contribution < 1.29 is 5.11 Å². The van der Waals surface area contributed by atoms with Gasteiger partial charge in [-0.2, -0.15) is 0 Å². The van der Waals surface area contributed by atoms with E-state index in [4.69, 9.17) is 0 Å². The second-order valence-electron chi connectivity index (χ2n) is 5.39. The summed E-state index contributed by atoms with van der Waals surface area (Å²) in [5.41, 5.74) is -0.0746. The lowest BCUT2D eigenvalue weighted by molar-refractivity contribution is 0.00786. The standard InChI is InChI=1S/C10H19NO/c1-9(2,3)11-5-4-8-6-10(8,12)7-11/h8,12H,4-7H2,1-3H3/t8?,10-/m0/s1. The Bertz CT molecular complexity index is 197. The van der Waals surface area contributed by atoms with E-state index in [2.05, 4.69) is 25.7 Å². The molecule has 1 N–H and O–H groups in total. The van der Waals surface area contributed by atoms with Crippen LogP contribution in [-0.4, -0.2) is 34.2 Å². The number of piperidine rings is 1. The van der Waals surface area contributed by atoms with Crippen LogP contribution in [-0.2, 0) is 0 Å². The van der Waals surface area contributed by atoms with E-state index in [0.29, 0.717) is 5.92 Å². The first-order valence-corrected chi connectivity index (χ1v) is 4.89. The normalized spacial score (nSPS) is 42.5. The predicted molar refractivity (Wildman–Crippen MR) is 49.0 cm³/mol. The molecule has 0 aromatic carbocycles. The molecule has 1 aliphatic heterocycles. The Morgan fingerprint density at radius 1 is 1.42 bits per heavy atom. The zero-order valence-electron chi connectivity index (χ0n) is 8.30. The average Bonchev–Trinajstić information content (AvgIpc) is 2.56. The van der Waals surface area contributed by atoms with Gasteiger partial charge in [0.1, 0.15) is 0 Å². The molecule has 2 nitrogen and oxygen atoms in total. The second kappa shape index (κ2) is 2.24. The first-order valence-electron chi connectivity index (χ1n) is 4.89. The quantitative estimate of drug-likeness (QED) is 0.590. The molecule has 1 heterocycles. The monoisotopic (exact) mass is 169 g/mol. The fourth-order valence-corrected chi connectivity index (χ4v) is 2.23. The fraction of sp³-hybridized carbons (Fsp3) is 1.00. The number of nitrogens with zero attached hydrogens (tertiary/aromatic N) is 1. The van der Waals surface area contributed by atoms with Crippen molar-refractivity contribution >= 4 is 0 Å². The van der Waals surface area contributed by atoms with E-state index < -0.39 is 0 Å². The highest BCUT2D eigenvalue weighted by molar-refractivity contribution is 5.09. The van der Waals surface area contributed by atoms with Gasteiger partial charge in [0.25, 0.3) is 0 Å². The molecule has 1 unspecified atom stereocenters. The summed E-state index contributed by atoms with van der Waals surface area (Å²) in [6, 6.07) is 0. The summed E-state index contributed by atoms with van der Waals surface area (Å²) in [5.74, 6) is 0.621. The molecule has 1 saturated heterocycles. The number of likely N-dealkylation sites (tertiary alicyclic amines) is 1. The SMILES string of the molecule is CC(C)(C)N1CCC2C[C@]2(O)C1. The summed E-state index contributed by atoms with van der Waals surface area (Å²) in [6.45, 7) is 8.72. The summed E-state index contributed by atoms with van der Waals surface area (Å²) in [7, 11) is 0. The molecule has 0 amide bonds. The number of fused-ring (bicyclic) bond motifs is 1. The Balaban J connectivity index is 2.02. The number of aliphatic hydroxyl groups is 1. The minimum absolute atomic E-state index is 0.225. The smallest absolute Gasteiger partial charge is 0.0807 e. The number of rotatable bonds is 0. The van der Waals surface area contributed by atoms with Crippen molar-refractivity contribution in [1.29, 1.82) is 0 Å². The molecule has 0 radical (unpaired) electrons. The van der Waals surface area contributed by atoms with Crippen LogP contribution in [0.1, 0.15) is 33.6 Å². The lowest BCUT2D eigenvalue weighted by atomic mass is 10.00. The highest BCUT2D eigenvalue weighted by Crippen LogP contribution is 2.50. The molecular weight excluding hydrogens is 150 g/mol. The van der Waals surface area contributed by atoms with E-state index in [0.717, 1.165) is 19.5 Å². The van der Waals surface area contributed by atoms with Crippen molar-refractivity contribution in [3.05, 3.63) is 0 Å². The molecule has 2 rings (SSSR count). The van der Waals surface area contributed by atoms with Crippen molar-refractivity contribution in [2.45, 2.75) is 44.8 Å². The summed E-state index contributed by atoms with van der Waals surface area (Å²) >= 11 is 0. The van der Waals surface area contributed by atoms with E-state index in [-0.39, 0.29) is 11.1 Å². The van der Waals surface area contributed by atoms with E-state index in [1.165, 1.54) is 6.42 Å². The first kappa shape index (κ1) is 8.52. The van der Waals surface area contributed by atoms with Gasteiger partial charge in [-0.1, -0.05) is 0 Å². The van der Waals surface area contributed by atoms with E-state index in [9.17, 15) is 5.11 Å². The van der Waals surface area contributed by atoms with E-state index in [1.807, 2.05) is 0 Å². The first-order chi connectivity index (χ1) is 5.42. The molecule has 0 aromatic heterocycles. The largest absolute Gasteiger partial charge is 0.388 e. The minimum Gasteiger partial charge on any atom is -0.388 e. The maximum Gasteiger partial charge on any atom is 0.0807 e. The van der Waals surface area contributed by atoms with Crippen LogP contribution in [0.4, 0.5) is 0 Å². The van der Waals surface area contributed by atoms with Gasteiger partial charge in [0, 0.05) is 12.1 Å². The third kappa shape index (κ3) is 1.27. The van der Waals surface area contributed by atoms with Crippen molar-refractivity contribution in [3.8, 4) is 0 Å². The molecular formula is C10H19NO. The zero-order valence-corrected chi connectivity index (χ0v) is 8.30. The van der Waals surface area contributed by atoms with Crippen LogP contribution in [0.15, 0.2) is 0 Å². The van der Waals surface area contributed by atoms with Crippen LogP contribution >= 0.6 is 0 Å². The molecule has 70 valence electrons. The summed E-state index contributed by atoms with van der Waals surface area (Å²) in [6.07, 6.45) is 2.23. The van der Waals surface area contributed by atoms with Crippen LogP contribution < -0.4 is 0 Å². The van der Waals surface area contributed by atoms with Gasteiger partial charge in [-0.05, 0) is 46.1 Å². The van der Waals surface area contributed by atoms with Gasteiger partial charge in [-0.25, -0.2) is 0 Å². The Kier molecular flexibility index (Phi) is 1.59. The van der Waals surface area contributed by atoms with Gasteiger partial charge in [0.2, 0.25) is 0 Å². The summed E-state index contributed by atoms with van der Waals surface area (Å²) < 4.78 is 0. The molecule has 0 aromatic rings. The summed E-state index contributed by atoms with van der Waals surface area (Å²) in [5, 5.41) is 9.94. The van der Waals surface area contributed by atoms with Crippen molar-refractivity contribution in [3.63, 3.8) is 0 Å². The van der Waals surface area contributed by atoms with Crippen molar-refractivity contribution in [2.75, 3.05) is 13.1 Å². The average molecular weight is 169 g/mol. The molecule has 0 spiro atoms. The lowest BCUT2D eigenvalue weighted by Crippen LogP contribution is -2.49. The molecule has 2 atom stereocenters. The molecule has 1 saturated carbocycles. The minimum atomic E-state index is -0.300. The van der Waals surface area contributed by atoms with Crippen molar-refractivity contribution in [1.82, 2.24) is 4.90 Å². The fourth-order valence-electron chi connectivity index (χ4n) is 2.23. The molecule has 2 heteroatoms. The molecule has 2 aliphatic rings. The Morgan fingerprint density at radius 3 is 2.58 bits per heavy atom. The molecule has 2 fully saturated rings. The van der Waals surface area contributed by atoms with Gasteiger partial charge >= 0.3 is 0 Å². The van der Waals surface area contributed by atoms with E-state index >= 15 is 0 Å². The van der Waals surface area contributed by atoms with Gasteiger partial charge in [0.15, 0.2) is 0 Å². The molecule has 12 heavy (non-hydrogen) atoms. The summed E-state index contributed by atoms with van der Waals surface area (Å²) in [4.78, 5) is 2.40. The van der Waals surface area contributed by atoms with Crippen LogP contribution in [0.5, 0.6) is 0 Å². The van der Waals surface area contributed by atoms with Crippen LogP contribution in [0.3, 0.4) is 0 Å². The van der Waals surface area contributed by atoms with Gasteiger partial charge in [0.05, 0.1) is 5.60 Å². The molecule has 0 bridgehead atoms. The van der Waals surface area contributed by atoms with Crippen LogP contribution in [0.25, 0.3) is 0 Å². The Labute approximate surface area is 74.6 Å². The van der Waals surface area contributed by atoms with Gasteiger partial charge in [-0.3, -0.25) is 4.90 Å². The van der Waals surface area contributed by atoms with Crippen LogP contribution in [0.2, 0.25) is 0 Å². The molecule has 1 aliphatic carbocycles. The lowest BCUT2D eigenvalue weighted by Gasteiger charge is -2.40.